The van der Waals surface area contributed by atoms with E-state index in [1.165, 1.54) is 6.26 Å². The Labute approximate surface area is 148 Å². The zero-order valence-corrected chi connectivity index (χ0v) is 15.3. The molecule has 0 aliphatic carbocycles. The second-order valence-electron chi connectivity index (χ2n) is 6.40. The highest BCUT2D eigenvalue weighted by atomic mass is 32.2. The van der Waals surface area contributed by atoms with Crippen LogP contribution >= 0.6 is 0 Å². The summed E-state index contributed by atoms with van der Waals surface area (Å²) in [5, 5.41) is 13.5. The van der Waals surface area contributed by atoms with Crippen molar-refractivity contribution in [3.05, 3.63) is 29.8 Å². The second kappa shape index (κ2) is 8.09. The minimum absolute atomic E-state index is 0.0650. The lowest BCUT2D eigenvalue weighted by Gasteiger charge is -2.38. The number of rotatable bonds is 6. The van der Waals surface area contributed by atoms with Gasteiger partial charge in [-0.15, -0.1) is 0 Å². The Hall–Kier alpha value is -1.07. The number of nitrogens with one attached hydrogen (secondary N) is 4. The van der Waals surface area contributed by atoms with Gasteiger partial charge in [-0.2, -0.15) is 0 Å². The topological polar surface area (TPSA) is 101 Å². The van der Waals surface area contributed by atoms with Gasteiger partial charge in [-0.3, -0.25) is 21.3 Å². The Balaban J connectivity index is 1.66. The summed E-state index contributed by atoms with van der Waals surface area (Å²) >= 11 is 0. The van der Waals surface area contributed by atoms with Gasteiger partial charge in [0.15, 0.2) is 9.84 Å². The Kier molecular flexibility index (Phi) is 6.05. The molecule has 0 bridgehead atoms. The van der Waals surface area contributed by atoms with Gasteiger partial charge in [0.2, 0.25) is 0 Å². The van der Waals surface area contributed by atoms with Crippen LogP contribution in [0.2, 0.25) is 0 Å². The summed E-state index contributed by atoms with van der Waals surface area (Å²) in [6.45, 7) is 2.92. The Morgan fingerprint density at radius 3 is 2.64 bits per heavy atom. The minimum atomic E-state index is -3.20. The molecule has 4 N–H and O–H groups in total. The molecule has 0 amide bonds. The molecule has 2 heterocycles. The molecule has 9 heteroatoms. The van der Waals surface area contributed by atoms with Crippen molar-refractivity contribution < 1.29 is 17.9 Å². The summed E-state index contributed by atoms with van der Waals surface area (Å²) < 4.78 is 34.3. The summed E-state index contributed by atoms with van der Waals surface area (Å²) in [7, 11) is -1.54. The molecular formula is C16H26N4O4S. The first-order valence-electron chi connectivity index (χ1n) is 8.35. The number of sulfone groups is 1. The maximum Gasteiger partial charge on any atom is 0.175 e. The molecule has 4 atom stereocenters. The van der Waals surface area contributed by atoms with Crippen LogP contribution in [0.5, 0.6) is 0 Å². The van der Waals surface area contributed by atoms with E-state index in [0.717, 1.165) is 25.2 Å². The molecule has 25 heavy (non-hydrogen) atoms. The van der Waals surface area contributed by atoms with Crippen molar-refractivity contribution in [1.82, 2.24) is 21.3 Å². The third kappa shape index (κ3) is 4.76. The van der Waals surface area contributed by atoms with E-state index in [4.69, 9.17) is 9.47 Å². The average Bonchev–Trinajstić information content (AvgIpc) is 3.12. The van der Waals surface area contributed by atoms with Crippen molar-refractivity contribution in [2.45, 2.75) is 29.4 Å². The molecule has 0 saturated carbocycles. The maximum atomic E-state index is 11.6. The SMILES string of the molecule is COC1NCC(NCC2CNCO2)NC1c1ccc(S(C)(=O)=O)cc1. The Bertz CT molecular complexity index is 661. The molecule has 1 aromatic rings. The number of methoxy groups -OCH3 is 1. The van der Waals surface area contributed by atoms with Crippen LogP contribution in [0.1, 0.15) is 11.6 Å². The van der Waals surface area contributed by atoms with Crippen molar-refractivity contribution in [3.8, 4) is 0 Å². The third-order valence-corrected chi connectivity index (χ3v) is 5.64. The number of benzene rings is 1. The third-order valence-electron chi connectivity index (χ3n) is 4.51. The van der Waals surface area contributed by atoms with Crippen molar-refractivity contribution in [2.75, 3.05) is 39.7 Å². The van der Waals surface area contributed by atoms with Gasteiger partial charge < -0.3 is 9.47 Å². The highest BCUT2D eigenvalue weighted by molar-refractivity contribution is 7.90. The van der Waals surface area contributed by atoms with Gasteiger partial charge in [0, 0.05) is 33.0 Å². The van der Waals surface area contributed by atoms with Crippen LogP contribution in [0.25, 0.3) is 0 Å². The zero-order valence-electron chi connectivity index (χ0n) is 14.5. The molecule has 140 valence electrons. The molecular weight excluding hydrogens is 344 g/mol. The fraction of sp³-hybridized carbons (Fsp3) is 0.625. The molecule has 8 nitrogen and oxygen atoms in total. The smallest absolute Gasteiger partial charge is 0.175 e. The predicted molar refractivity (Wildman–Crippen MR) is 93.8 cm³/mol. The van der Waals surface area contributed by atoms with E-state index in [9.17, 15) is 8.42 Å². The van der Waals surface area contributed by atoms with Gasteiger partial charge in [0.1, 0.15) is 6.23 Å². The summed E-state index contributed by atoms with van der Waals surface area (Å²) in [5.74, 6) is 0. The molecule has 4 unspecified atom stereocenters. The summed E-state index contributed by atoms with van der Waals surface area (Å²) in [6, 6.07) is 6.83. The first kappa shape index (κ1) is 18.7. The summed E-state index contributed by atoms with van der Waals surface area (Å²) in [5.41, 5.74) is 0.969. The van der Waals surface area contributed by atoms with E-state index in [0.29, 0.717) is 11.6 Å². The highest BCUT2D eigenvalue weighted by Crippen LogP contribution is 2.22. The molecule has 3 rings (SSSR count). The maximum absolute atomic E-state index is 11.6. The van der Waals surface area contributed by atoms with Crippen LogP contribution in [0.3, 0.4) is 0 Å². The molecule has 2 fully saturated rings. The fourth-order valence-electron chi connectivity index (χ4n) is 3.12. The van der Waals surface area contributed by atoms with Crippen molar-refractivity contribution in [2.24, 2.45) is 0 Å². The predicted octanol–water partition coefficient (Wildman–Crippen LogP) is -0.842. The summed E-state index contributed by atoms with van der Waals surface area (Å²) in [4.78, 5) is 0.314. The molecule has 2 aliphatic rings. The molecule has 0 spiro atoms. The molecule has 0 radical (unpaired) electrons. The lowest BCUT2D eigenvalue weighted by molar-refractivity contribution is 0.0102. The quantitative estimate of drug-likeness (QED) is 0.514. The van der Waals surface area contributed by atoms with E-state index < -0.39 is 9.84 Å². The van der Waals surface area contributed by atoms with Crippen LogP contribution in [0, 0.1) is 0 Å². The largest absolute Gasteiger partial charge is 0.365 e. The second-order valence-corrected chi connectivity index (χ2v) is 8.41. The van der Waals surface area contributed by atoms with Gasteiger partial charge in [0.25, 0.3) is 0 Å². The number of piperazine rings is 1. The molecule has 2 saturated heterocycles. The van der Waals surface area contributed by atoms with Crippen molar-refractivity contribution >= 4 is 9.84 Å². The van der Waals surface area contributed by atoms with Crippen LogP contribution in [0.15, 0.2) is 29.2 Å². The Morgan fingerprint density at radius 1 is 1.28 bits per heavy atom. The standard InChI is InChI=1S/C16H26N4O4S/c1-23-16-15(11-3-5-13(6-4-11)25(2,21)22)20-14(9-19-16)18-8-12-7-17-10-24-12/h3-6,12,14-20H,7-10H2,1-2H3. The number of ether oxygens (including phenoxy) is 2. The van der Waals surface area contributed by atoms with Crippen molar-refractivity contribution in [3.63, 3.8) is 0 Å². The lowest BCUT2D eigenvalue weighted by atomic mass is 10.0. The van der Waals surface area contributed by atoms with Crippen LogP contribution in [-0.4, -0.2) is 66.6 Å². The zero-order chi connectivity index (χ0) is 17.9. The number of hydrogen-bond acceptors (Lipinski definition) is 8. The normalized spacial score (nSPS) is 30.5. The first-order valence-corrected chi connectivity index (χ1v) is 10.2. The van der Waals surface area contributed by atoms with E-state index >= 15 is 0 Å². The van der Waals surface area contributed by atoms with E-state index in [1.807, 2.05) is 12.1 Å². The van der Waals surface area contributed by atoms with Crippen LogP contribution < -0.4 is 21.3 Å². The average molecular weight is 370 g/mol. The van der Waals surface area contributed by atoms with Gasteiger partial charge in [-0.25, -0.2) is 8.42 Å². The van der Waals surface area contributed by atoms with E-state index in [1.54, 1.807) is 19.2 Å². The highest BCUT2D eigenvalue weighted by Gasteiger charge is 2.31. The van der Waals surface area contributed by atoms with Gasteiger partial charge in [0.05, 0.1) is 29.9 Å². The molecule has 1 aromatic carbocycles. The fourth-order valence-corrected chi connectivity index (χ4v) is 3.75. The monoisotopic (exact) mass is 370 g/mol. The minimum Gasteiger partial charge on any atom is -0.365 e. The lowest BCUT2D eigenvalue weighted by Crippen LogP contribution is -2.62. The van der Waals surface area contributed by atoms with Gasteiger partial charge >= 0.3 is 0 Å². The van der Waals surface area contributed by atoms with Gasteiger partial charge in [-0.1, -0.05) is 12.1 Å². The van der Waals surface area contributed by atoms with E-state index in [-0.39, 0.29) is 24.5 Å². The molecule has 2 aliphatic heterocycles. The first-order chi connectivity index (χ1) is 12.0. The van der Waals surface area contributed by atoms with Crippen LogP contribution in [0.4, 0.5) is 0 Å². The molecule has 0 aromatic heterocycles. The van der Waals surface area contributed by atoms with Crippen LogP contribution in [-0.2, 0) is 19.3 Å². The van der Waals surface area contributed by atoms with E-state index in [2.05, 4.69) is 21.3 Å². The summed E-state index contributed by atoms with van der Waals surface area (Å²) in [6.07, 6.45) is 1.26. The number of hydrogen-bond donors (Lipinski definition) is 4. The van der Waals surface area contributed by atoms with Gasteiger partial charge in [-0.05, 0) is 17.7 Å². The Morgan fingerprint density at radius 2 is 2.04 bits per heavy atom. The van der Waals surface area contributed by atoms with Crippen molar-refractivity contribution in [1.29, 1.82) is 0 Å².